The SMILES string of the molecule is CC(C)(C)OC(=O)NC(Cc1c[nH]c2ccccc12)C(=O)N1CCOCC1. The molecule has 7 nitrogen and oxygen atoms in total. The predicted octanol–water partition coefficient (Wildman–Crippen LogP) is 2.46. The van der Waals surface area contributed by atoms with Gasteiger partial charge in [-0.3, -0.25) is 4.79 Å². The molecule has 27 heavy (non-hydrogen) atoms. The van der Waals surface area contributed by atoms with Gasteiger partial charge < -0.3 is 24.7 Å². The molecule has 1 aromatic carbocycles. The van der Waals surface area contributed by atoms with Crippen LogP contribution in [0.15, 0.2) is 30.5 Å². The standard InChI is InChI=1S/C20H27N3O4/c1-20(2,3)27-19(25)22-17(18(24)23-8-10-26-11-9-23)12-14-13-21-16-7-5-4-6-15(14)16/h4-7,13,17,21H,8-12H2,1-3H3,(H,22,25). The first kappa shape index (κ1) is 19.2. The van der Waals surface area contributed by atoms with Crippen LogP contribution in [0.5, 0.6) is 0 Å². The maximum absolute atomic E-state index is 13.1. The van der Waals surface area contributed by atoms with Crippen molar-refractivity contribution in [2.45, 2.75) is 38.8 Å². The van der Waals surface area contributed by atoms with Gasteiger partial charge in [-0.15, -0.1) is 0 Å². The average Bonchev–Trinajstić information content (AvgIpc) is 3.03. The molecule has 0 spiro atoms. The van der Waals surface area contributed by atoms with Crippen molar-refractivity contribution in [3.05, 3.63) is 36.0 Å². The van der Waals surface area contributed by atoms with Gasteiger partial charge in [-0.05, 0) is 32.4 Å². The van der Waals surface area contributed by atoms with Gasteiger partial charge >= 0.3 is 6.09 Å². The summed E-state index contributed by atoms with van der Waals surface area (Å²) in [6.07, 6.45) is 1.69. The van der Waals surface area contributed by atoms with Crippen LogP contribution in [-0.4, -0.2) is 59.8 Å². The Labute approximate surface area is 159 Å². The molecule has 0 radical (unpaired) electrons. The van der Waals surface area contributed by atoms with Crippen molar-refractivity contribution in [1.82, 2.24) is 15.2 Å². The Kier molecular flexibility index (Phi) is 5.70. The number of morpholine rings is 1. The first-order chi connectivity index (χ1) is 12.8. The summed E-state index contributed by atoms with van der Waals surface area (Å²) in [6, 6.07) is 7.21. The van der Waals surface area contributed by atoms with Crippen LogP contribution < -0.4 is 5.32 Å². The number of carbonyl (C=O) groups excluding carboxylic acids is 2. The Balaban J connectivity index is 1.80. The molecule has 1 fully saturated rings. The number of aromatic nitrogens is 1. The van der Waals surface area contributed by atoms with Gasteiger partial charge in [0, 0.05) is 36.6 Å². The number of ether oxygens (including phenoxy) is 2. The summed E-state index contributed by atoms with van der Waals surface area (Å²) in [5.74, 6) is -0.116. The van der Waals surface area contributed by atoms with Crippen LogP contribution in [0.4, 0.5) is 4.79 Å². The lowest BCUT2D eigenvalue weighted by Crippen LogP contribution is -2.53. The second kappa shape index (κ2) is 8.00. The number of H-pyrrole nitrogens is 1. The molecule has 1 aromatic heterocycles. The van der Waals surface area contributed by atoms with Crippen molar-refractivity contribution in [1.29, 1.82) is 0 Å². The number of benzene rings is 1. The third-order valence-corrected chi connectivity index (χ3v) is 4.41. The van der Waals surface area contributed by atoms with E-state index in [0.29, 0.717) is 32.7 Å². The van der Waals surface area contributed by atoms with E-state index in [9.17, 15) is 9.59 Å². The normalized spacial score (nSPS) is 16.2. The average molecular weight is 373 g/mol. The highest BCUT2D eigenvalue weighted by atomic mass is 16.6. The van der Waals surface area contributed by atoms with E-state index >= 15 is 0 Å². The lowest BCUT2D eigenvalue weighted by Gasteiger charge is -2.31. The van der Waals surface area contributed by atoms with Gasteiger partial charge in [0.2, 0.25) is 5.91 Å². The van der Waals surface area contributed by atoms with Crippen LogP contribution in [0.1, 0.15) is 26.3 Å². The molecule has 2 amide bonds. The molecule has 0 aliphatic carbocycles. The predicted molar refractivity (Wildman–Crippen MR) is 103 cm³/mol. The minimum Gasteiger partial charge on any atom is -0.444 e. The van der Waals surface area contributed by atoms with Gasteiger partial charge in [-0.25, -0.2) is 4.79 Å². The molecule has 1 aliphatic rings. The van der Waals surface area contributed by atoms with Crippen molar-refractivity contribution in [2.75, 3.05) is 26.3 Å². The molecule has 2 heterocycles. The number of fused-ring (bicyclic) bond motifs is 1. The van der Waals surface area contributed by atoms with Gasteiger partial charge in [0.05, 0.1) is 13.2 Å². The van der Waals surface area contributed by atoms with Gasteiger partial charge in [0.25, 0.3) is 0 Å². The molecule has 1 saturated heterocycles. The Morgan fingerprint density at radius 2 is 1.96 bits per heavy atom. The topological polar surface area (TPSA) is 83.7 Å². The van der Waals surface area contributed by atoms with Crippen molar-refractivity contribution in [3.63, 3.8) is 0 Å². The first-order valence-corrected chi connectivity index (χ1v) is 9.24. The molecule has 1 atom stereocenters. The van der Waals surface area contributed by atoms with Crippen LogP contribution in [-0.2, 0) is 20.7 Å². The maximum atomic E-state index is 13.1. The number of hydrogen-bond acceptors (Lipinski definition) is 4. The zero-order chi connectivity index (χ0) is 19.4. The number of amides is 2. The number of nitrogens with zero attached hydrogens (tertiary/aromatic N) is 1. The van der Waals surface area contributed by atoms with Crippen LogP contribution in [0.25, 0.3) is 10.9 Å². The zero-order valence-electron chi connectivity index (χ0n) is 16.1. The molecular formula is C20H27N3O4. The van der Waals surface area contributed by atoms with Gasteiger partial charge in [0.15, 0.2) is 0 Å². The molecule has 3 rings (SSSR count). The summed E-state index contributed by atoms with van der Waals surface area (Å²) in [7, 11) is 0. The fraction of sp³-hybridized carbons (Fsp3) is 0.500. The molecule has 1 unspecified atom stereocenters. The van der Waals surface area contributed by atoms with E-state index in [0.717, 1.165) is 16.5 Å². The number of para-hydroxylation sites is 1. The van der Waals surface area contributed by atoms with Gasteiger partial charge in [-0.2, -0.15) is 0 Å². The molecule has 7 heteroatoms. The van der Waals surface area contributed by atoms with E-state index in [4.69, 9.17) is 9.47 Å². The van der Waals surface area contributed by atoms with E-state index in [1.54, 1.807) is 25.7 Å². The quantitative estimate of drug-likeness (QED) is 0.862. The monoisotopic (exact) mass is 373 g/mol. The van der Waals surface area contributed by atoms with Crippen LogP contribution in [0.3, 0.4) is 0 Å². The highest BCUT2D eigenvalue weighted by Crippen LogP contribution is 2.20. The fourth-order valence-electron chi connectivity index (χ4n) is 3.17. The number of hydrogen-bond donors (Lipinski definition) is 2. The summed E-state index contributed by atoms with van der Waals surface area (Å²) >= 11 is 0. The van der Waals surface area contributed by atoms with Gasteiger partial charge in [0.1, 0.15) is 11.6 Å². The molecule has 2 aromatic rings. The minimum absolute atomic E-state index is 0.116. The molecule has 0 bridgehead atoms. The molecule has 2 N–H and O–H groups in total. The van der Waals surface area contributed by atoms with Crippen molar-refractivity contribution < 1.29 is 19.1 Å². The number of rotatable bonds is 4. The Bertz CT molecular complexity index is 803. The van der Waals surface area contributed by atoms with Crippen LogP contribution in [0, 0.1) is 0 Å². The second-order valence-electron chi connectivity index (χ2n) is 7.70. The largest absolute Gasteiger partial charge is 0.444 e. The third kappa shape index (κ3) is 5.01. The van der Waals surface area contributed by atoms with Crippen LogP contribution >= 0.6 is 0 Å². The lowest BCUT2D eigenvalue weighted by atomic mass is 10.0. The fourth-order valence-corrected chi connectivity index (χ4v) is 3.17. The maximum Gasteiger partial charge on any atom is 0.408 e. The van der Waals surface area contributed by atoms with Gasteiger partial charge in [-0.1, -0.05) is 18.2 Å². The minimum atomic E-state index is -0.697. The Morgan fingerprint density at radius 1 is 1.26 bits per heavy atom. The van der Waals surface area contributed by atoms with E-state index in [1.165, 1.54) is 0 Å². The molecule has 1 aliphatic heterocycles. The van der Waals surface area contributed by atoms with E-state index in [-0.39, 0.29) is 5.91 Å². The highest BCUT2D eigenvalue weighted by Gasteiger charge is 2.29. The molecule has 0 saturated carbocycles. The number of aromatic amines is 1. The van der Waals surface area contributed by atoms with E-state index in [1.807, 2.05) is 30.5 Å². The Morgan fingerprint density at radius 3 is 2.67 bits per heavy atom. The third-order valence-electron chi connectivity index (χ3n) is 4.41. The summed E-state index contributed by atoms with van der Waals surface area (Å²) in [5.41, 5.74) is 1.35. The second-order valence-corrected chi connectivity index (χ2v) is 7.70. The first-order valence-electron chi connectivity index (χ1n) is 9.24. The molecular weight excluding hydrogens is 346 g/mol. The molecule has 146 valence electrons. The Hall–Kier alpha value is -2.54. The summed E-state index contributed by atoms with van der Waals surface area (Å²) in [5, 5.41) is 3.81. The number of carbonyl (C=O) groups is 2. The summed E-state index contributed by atoms with van der Waals surface area (Å²) in [6.45, 7) is 7.47. The number of nitrogens with one attached hydrogen (secondary N) is 2. The zero-order valence-corrected chi connectivity index (χ0v) is 16.1. The van der Waals surface area contributed by atoms with Crippen molar-refractivity contribution in [3.8, 4) is 0 Å². The number of alkyl carbamates (subject to hydrolysis) is 1. The summed E-state index contributed by atoms with van der Waals surface area (Å²) in [4.78, 5) is 30.3. The lowest BCUT2D eigenvalue weighted by molar-refractivity contribution is -0.137. The highest BCUT2D eigenvalue weighted by molar-refractivity contribution is 5.88. The smallest absolute Gasteiger partial charge is 0.408 e. The van der Waals surface area contributed by atoms with Crippen molar-refractivity contribution >= 4 is 22.9 Å². The van der Waals surface area contributed by atoms with E-state index < -0.39 is 17.7 Å². The van der Waals surface area contributed by atoms with Crippen LogP contribution in [0.2, 0.25) is 0 Å². The summed E-state index contributed by atoms with van der Waals surface area (Å²) < 4.78 is 10.7. The van der Waals surface area contributed by atoms with Crippen molar-refractivity contribution in [2.24, 2.45) is 0 Å². The van der Waals surface area contributed by atoms with E-state index in [2.05, 4.69) is 10.3 Å².